The molecule has 2 aromatic heterocycles. The van der Waals surface area contributed by atoms with Crippen LogP contribution in [0.15, 0.2) is 54.9 Å². The minimum atomic E-state index is -1.13. The minimum absolute atomic E-state index is 0.0506. The lowest BCUT2D eigenvalue weighted by Gasteiger charge is -2.41. The molecule has 0 N–H and O–H groups in total. The number of hydrogen-bond donors (Lipinski definition) is 0. The van der Waals surface area contributed by atoms with Gasteiger partial charge in [0.15, 0.2) is 11.5 Å². The predicted molar refractivity (Wildman–Crippen MR) is 167 cm³/mol. The summed E-state index contributed by atoms with van der Waals surface area (Å²) in [6, 6.07) is 12.1. The van der Waals surface area contributed by atoms with E-state index in [-0.39, 0.29) is 72.2 Å². The number of rotatable bonds is 7. The van der Waals surface area contributed by atoms with E-state index in [1.807, 2.05) is 6.07 Å². The van der Waals surface area contributed by atoms with E-state index >= 15 is 8.78 Å². The Bertz CT molecular complexity index is 1950. The Morgan fingerprint density at radius 3 is 2.68 bits per heavy atom. The number of ether oxygens (including phenoxy) is 1. The van der Waals surface area contributed by atoms with Gasteiger partial charge >= 0.3 is 6.01 Å². The normalized spacial score (nSPS) is 22.9. The summed E-state index contributed by atoms with van der Waals surface area (Å²) >= 11 is 0. The molecule has 7 rings (SSSR count). The molecule has 0 spiro atoms. The molecule has 9 nitrogen and oxygen atoms in total. The number of fused-ring (bicyclic) bond motifs is 3. The van der Waals surface area contributed by atoms with Crippen molar-refractivity contribution in [2.24, 2.45) is 0 Å². The molecule has 4 aromatic rings. The van der Waals surface area contributed by atoms with Crippen LogP contribution in [0, 0.1) is 23.0 Å². The Morgan fingerprint density at radius 2 is 1.89 bits per heavy atom. The van der Waals surface area contributed by atoms with Gasteiger partial charge in [-0.2, -0.15) is 15.2 Å². The molecule has 242 valence electrons. The van der Waals surface area contributed by atoms with E-state index in [0.717, 1.165) is 19.4 Å². The Kier molecular flexibility index (Phi) is 7.91. The van der Waals surface area contributed by atoms with Gasteiger partial charge in [-0.1, -0.05) is 36.9 Å². The SMILES string of the molecule is C=C(F)C(=O)N1CCN(c2nc(OC[C@@]34CCCN3C[C@H](F)C4)nc3nc(-c4cccc5cccc(F)c45)c(F)cc23)C[C@@H]1CC#N. The number of piperazine rings is 1. The third-order valence-electron chi connectivity index (χ3n) is 9.54. The fourth-order valence-electron chi connectivity index (χ4n) is 7.38. The van der Waals surface area contributed by atoms with E-state index in [1.54, 1.807) is 35.2 Å². The summed E-state index contributed by atoms with van der Waals surface area (Å²) in [6.45, 7) is 4.66. The van der Waals surface area contributed by atoms with Crippen LogP contribution in [0.25, 0.3) is 33.1 Å². The van der Waals surface area contributed by atoms with Crippen molar-refractivity contribution in [2.45, 2.75) is 43.4 Å². The molecule has 3 fully saturated rings. The highest BCUT2D eigenvalue weighted by molar-refractivity contribution is 5.98. The number of anilines is 1. The van der Waals surface area contributed by atoms with Gasteiger partial charge in [0.25, 0.3) is 5.91 Å². The van der Waals surface area contributed by atoms with E-state index < -0.39 is 41.1 Å². The van der Waals surface area contributed by atoms with Crippen molar-refractivity contribution < 1.29 is 27.1 Å². The van der Waals surface area contributed by atoms with E-state index in [2.05, 4.69) is 26.4 Å². The van der Waals surface area contributed by atoms with Crippen LogP contribution in [-0.4, -0.2) is 87.7 Å². The molecule has 2 aromatic carbocycles. The summed E-state index contributed by atoms with van der Waals surface area (Å²) in [6.07, 6.45) is 0.963. The van der Waals surface area contributed by atoms with Crippen molar-refractivity contribution >= 4 is 33.5 Å². The van der Waals surface area contributed by atoms with Crippen LogP contribution in [0.1, 0.15) is 25.7 Å². The maximum Gasteiger partial charge on any atom is 0.320 e. The number of halogens is 4. The molecule has 47 heavy (non-hydrogen) atoms. The maximum absolute atomic E-state index is 16.0. The number of nitrogens with zero attached hydrogens (tertiary/aromatic N) is 7. The Labute approximate surface area is 268 Å². The van der Waals surface area contributed by atoms with Gasteiger partial charge in [0.1, 0.15) is 35.9 Å². The molecule has 0 saturated carbocycles. The second kappa shape index (κ2) is 12.1. The number of pyridine rings is 1. The molecule has 5 heterocycles. The van der Waals surface area contributed by atoms with Crippen LogP contribution in [0.2, 0.25) is 0 Å². The van der Waals surface area contributed by atoms with Crippen LogP contribution >= 0.6 is 0 Å². The van der Waals surface area contributed by atoms with Crippen LogP contribution in [-0.2, 0) is 4.79 Å². The van der Waals surface area contributed by atoms with Crippen LogP contribution in [0.3, 0.4) is 0 Å². The summed E-state index contributed by atoms with van der Waals surface area (Å²) < 4.78 is 65.6. The molecule has 0 unspecified atom stereocenters. The Balaban J connectivity index is 1.32. The summed E-state index contributed by atoms with van der Waals surface area (Å²) in [5.74, 6) is -3.04. The minimum Gasteiger partial charge on any atom is -0.461 e. The van der Waals surface area contributed by atoms with Crippen molar-refractivity contribution in [2.75, 3.05) is 44.2 Å². The fraction of sp³-hybridized carbons (Fsp3) is 0.382. The van der Waals surface area contributed by atoms with E-state index in [4.69, 9.17) is 4.74 Å². The zero-order valence-electron chi connectivity index (χ0n) is 25.4. The summed E-state index contributed by atoms with van der Waals surface area (Å²) in [5.41, 5.74) is -0.272. The summed E-state index contributed by atoms with van der Waals surface area (Å²) in [7, 11) is 0. The lowest BCUT2D eigenvalue weighted by Crippen LogP contribution is -2.55. The van der Waals surface area contributed by atoms with Crippen molar-refractivity contribution in [1.29, 1.82) is 5.26 Å². The molecular formula is C34H31F4N7O2. The van der Waals surface area contributed by atoms with E-state index in [1.165, 1.54) is 17.0 Å². The number of amides is 1. The predicted octanol–water partition coefficient (Wildman–Crippen LogP) is 5.49. The lowest BCUT2D eigenvalue weighted by atomic mass is 9.95. The van der Waals surface area contributed by atoms with Gasteiger partial charge in [0, 0.05) is 43.5 Å². The van der Waals surface area contributed by atoms with Crippen molar-refractivity contribution in [3.63, 3.8) is 0 Å². The van der Waals surface area contributed by atoms with Crippen LogP contribution < -0.4 is 9.64 Å². The van der Waals surface area contributed by atoms with Crippen LogP contribution in [0.5, 0.6) is 6.01 Å². The van der Waals surface area contributed by atoms with Gasteiger partial charge in [0.05, 0.1) is 29.5 Å². The van der Waals surface area contributed by atoms with Gasteiger partial charge in [-0.15, -0.1) is 0 Å². The molecule has 3 aliphatic heterocycles. The second-order valence-corrected chi connectivity index (χ2v) is 12.4. The number of aromatic nitrogens is 3. The molecular weight excluding hydrogens is 614 g/mol. The van der Waals surface area contributed by atoms with Gasteiger partial charge in [-0.25, -0.2) is 22.5 Å². The Morgan fingerprint density at radius 1 is 1.09 bits per heavy atom. The topological polar surface area (TPSA) is 98.5 Å². The number of nitriles is 1. The Hall–Kier alpha value is -4.83. The second-order valence-electron chi connectivity index (χ2n) is 12.4. The fourth-order valence-corrected chi connectivity index (χ4v) is 7.38. The molecule has 0 aliphatic carbocycles. The maximum atomic E-state index is 16.0. The molecule has 13 heteroatoms. The average Bonchev–Trinajstić information content (AvgIpc) is 3.58. The smallest absolute Gasteiger partial charge is 0.320 e. The highest BCUT2D eigenvalue weighted by Gasteiger charge is 2.49. The molecule has 1 amide bonds. The van der Waals surface area contributed by atoms with E-state index in [9.17, 15) is 18.8 Å². The number of hydrogen-bond acceptors (Lipinski definition) is 8. The van der Waals surface area contributed by atoms with E-state index in [0.29, 0.717) is 18.4 Å². The van der Waals surface area contributed by atoms with Crippen molar-refractivity contribution in [1.82, 2.24) is 24.8 Å². The molecule has 3 saturated heterocycles. The lowest BCUT2D eigenvalue weighted by molar-refractivity contribution is -0.131. The zero-order chi connectivity index (χ0) is 32.9. The number of carbonyl (C=O) groups is 1. The third kappa shape index (κ3) is 5.50. The van der Waals surface area contributed by atoms with Crippen molar-refractivity contribution in [3.8, 4) is 23.3 Å². The third-order valence-corrected chi connectivity index (χ3v) is 9.54. The van der Waals surface area contributed by atoms with Gasteiger partial charge in [-0.3, -0.25) is 9.69 Å². The standard InChI is InChI=1S/C34H31F4N7O2/c1-20(35)32(46)45-14-13-43(18-23(45)9-11-39)31-25-15-27(38)29(24-7-2-5-21-6-3-8-26(37)28(21)24)40-30(25)41-33(42-31)47-19-34-10-4-12-44(34)17-22(36)16-34/h2-3,5-8,15,22-23H,1,4,9-10,12-14,16-19H2/t22-,23+,34+/m1/s1. The monoisotopic (exact) mass is 645 g/mol. The number of alkyl halides is 1. The zero-order valence-corrected chi connectivity index (χ0v) is 25.4. The highest BCUT2D eigenvalue weighted by atomic mass is 19.1. The van der Waals surface area contributed by atoms with Crippen molar-refractivity contribution in [3.05, 3.63) is 66.5 Å². The first-order chi connectivity index (χ1) is 22.7. The summed E-state index contributed by atoms with van der Waals surface area (Å²) in [5, 5.41) is 10.5. The highest BCUT2D eigenvalue weighted by Crippen LogP contribution is 2.41. The number of benzene rings is 2. The van der Waals surface area contributed by atoms with Gasteiger partial charge in [-0.05, 0) is 36.9 Å². The molecule has 0 radical (unpaired) electrons. The quantitative estimate of drug-likeness (QED) is 0.192. The molecule has 3 aliphatic rings. The van der Waals surface area contributed by atoms with Gasteiger partial charge in [0.2, 0.25) is 0 Å². The number of carbonyl (C=O) groups excluding carboxylic acids is 1. The van der Waals surface area contributed by atoms with Gasteiger partial charge < -0.3 is 14.5 Å². The molecule has 3 atom stereocenters. The first-order valence-electron chi connectivity index (χ1n) is 15.5. The first-order valence-corrected chi connectivity index (χ1v) is 15.5. The largest absolute Gasteiger partial charge is 0.461 e. The molecule has 0 bridgehead atoms. The summed E-state index contributed by atoms with van der Waals surface area (Å²) in [4.78, 5) is 31.4. The first kappa shape index (κ1) is 30.8. The average molecular weight is 646 g/mol. The van der Waals surface area contributed by atoms with Crippen LogP contribution in [0.4, 0.5) is 23.4 Å².